The first-order valence-electron chi connectivity index (χ1n) is 10.2. The Morgan fingerprint density at radius 1 is 1.36 bits per heavy atom. The SMILES string of the molecule is C[N+]1(CC2CC2)CC[C@]23c4c(ccc(O)c4OC2C(=O)O)C[C@@H]1[C@]3(O)CCO. The minimum atomic E-state index is -1.42. The van der Waals surface area contributed by atoms with Crippen molar-refractivity contribution in [2.24, 2.45) is 5.92 Å². The van der Waals surface area contributed by atoms with Gasteiger partial charge < -0.3 is 29.6 Å². The number of hydrogen-bond donors (Lipinski definition) is 4. The number of nitrogens with zero attached hydrogens (tertiary/aromatic N) is 1. The Bertz CT molecular complexity index is 854. The molecular formula is C21H28NO6+. The van der Waals surface area contributed by atoms with Crippen molar-refractivity contribution in [1.82, 2.24) is 0 Å². The van der Waals surface area contributed by atoms with Gasteiger partial charge in [0.25, 0.3) is 0 Å². The number of phenolic OH excluding ortho intramolecular Hbond substituents is 1. The molecule has 0 amide bonds. The smallest absolute Gasteiger partial charge is 0.345 e. The van der Waals surface area contributed by atoms with Gasteiger partial charge >= 0.3 is 5.97 Å². The normalized spacial score (nSPS) is 40.7. The van der Waals surface area contributed by atoms with E-state index in [0.29, 0.717) is 28.8 Å². The highest BCUT2D eigenvalue weighted by Gasteiger charge is 2.75. The van der Waals surface area contributed by atoms with Gasteiger partial charge in [0.1, 0.15) is 11.6 Å². The summed E-state index contributed by atoms with van der Waals surface area (Å²) in [6.07, 6.45) is 2.27. The lowest BCUT2D eigenvalue weighted by atomic mass is 9.51. The Balaban J connectivity index is 1.75. The second-order valence-electron chi connectivity index (χ2n) is 9.45. The standard InChI is InChI=1S/C21H27NO6/c1-22(11-12-2-3-12)8-6-20-16-13(10-15(22)21(20,27)7-9-23)4-5-14(24)17(16)28-18(20)19(25)26/h4-5,12,15,18,23,27H,2-3,6-11H2,1H3,(H-,24,25,26)/p+1/t15-,18?,20+,21-,22?/m1/s1. The maximum atomic E-state index is 12.2. The number of quaternary nitrogens is 1. The summed E-state index contributed by atoms with van der Waals surface area (Å²) < 4.78 is 6.49. The summed E-state index contributed by atoms with van der Waals surface area (Å²) in [5, 5.41) is 42.4. The van der Waals surface area contributed by atoms with E-state index in [-0.39, 0.29) is 30.6 Å². The quantitative estimate of drug-likeness (QED) is 0.554. The van der Waals surface area contributed by atoms with Crippen molar-refractivity contribution < 1.29 is 34.4 Å². The van der Waals surface area contributed by atoms with Gasteiger partial charge in [0, 0.05) is 37.4 Å². The largest absolute Gasteiger partial charge is 0.504 e. The van der Waals surface area contributed by atoms with Crippen LogP contribution in [0.15, 0.2) is 12.1 Å². The molecule has 7 nitrogen and oxygen atoms in total. The minimum absolute atomic E-state index is 0.0903. The number of carboxylic acid groups (broad SMARTS) is 1. The molecular weight excluding hydrogens is 362 g/mol. The molecule has 0 aromatic heterocycles. The number of piperidine rings is 1. The molecule has 1 saturated heterocycles. The van der Waals surface area contributed by atoms with Crippen LogP contribution in [0.25, 0.3) is 0 Å². The maximum absolute atomic E-state index is 12.2. The molecule has 152 valence electrons. The summed E-state index contributed by atoms with van der Waals surface area (Å²) in [7, 11) is 2.16. The van der Waals surface area contributed by atoms with E-state index in [9.17, 15) is 25.2 Å². The number of carbonyl (C=O) groups is 1. The number of hydrogen-bond acceptors (Lipinski definition) is 5. The van der Waals surface area contributed by atoms with Gasteiger partial charge in [0.15, 0.2) is 11.5 Å². The Morgan fingerprint density at radius 3 is 2.75 bits per heavy atom. The van der Waals surface area contributed by atoms with Gasteiger partial charge in [-0.05, 0) is 24.5 Å². The van der Waals surface area contributed by atoms with Crippen molar-refractivity contribution >= 4 is 5.97 Å². The number of rotatable bonds is 5. The Morgan fingerprint density at radius 2 is 2.11 bits per heavy atom. The fraction of sp³-hybridized carbons (Fsp3) is 0.667. The van der Waals surface area contributed by atoms with Crippen LogP contribution in [-0.2, 0) is 16.6 Å². The van der Waals surface area contributed by atoms with Gasteiger partial charge in [-0.3, -0.25) is 0 Å². The monoisotopic (exact) mass is 390 g/mol. The molecule has 7 heteroatoms. The van der Waals surface area contributed by atoms with Crippen molar-refractivity contribution in [1.29, 1.82) is 0 Å². The molecule has 5 rings (SSSR count). The molecule has 5 atom stereocenters. The third kappa shape index (κ3) is 2.07. The molecule has 0 radical (unpaired) electrons. The zero-order chi connectivity index (χ0) is 19.9. The first kappa shape index (κ1) is 18.2. The predicted molar refractivity (Wildman–Crippen MR) is 99.2 cm³/mol. The number of aromatic hydroxyl groups is 1. The zero-order valence-electron chi connectivity index (χ0n) is 16.1. The van der Waals surface area contributed by atoms with Crippen molar-refractivity contribution in [3.8, 4) is 11.5 Å². The molecule has 4 aliphatic rings. The summed E-state index contributed by atoms with van der Waals surface area (Å²) in [6.45, 7) is 1.48. The van der Waals surface area contributed by atoms with Gasteiger partial charge in [0.2, 0.25) is 6.10 Å². The van der Waals surface area contributed by atoms with Crippen molar-refractivity contribution in [3.05, 3.63) is 23.3 Å². The highest BCUT2D eigenvalue weighted by molar-refractivity contribution is 5.80. The first-order valence-corrected chi connectivity index (χ1v) is 10.2. The second kappa shape index (κ2) is 5.62. The van der Waals surface area contributed by atoms with Crippen LogP contribution in [-0.4, -0.2) is 75.4 Å². The molecule has 2 fully saturated rings. The first-order chi connectivity index (χ1) is 13.3. The van der Waals surface area contributed by atoms with Crippen molar-refractivity contribution in [2.45, 2.75) is 55.3 Å². The van der Waals surface area contributed by atoms with E-state index >= 15 is 0 Å². The van der Waals surface area contributed by atoms with Gasteiger partial charge in [-0.15, -0.1) is 0 Å². The van der Waals surface area contributed by atoms with Gasteiger partial charge in [0.05, 0.1) is 25.6 Å². The number of likely N-dealkylation sites (N-methyl/N-ethyl adjacent to an activating group) is 1. The Labute approximate surface area is 163 Å². The molecule has 1 saturated carbocycles. The topological polar surface area (TPSA) is 107 Å². The van der Waals surface area contributed by atoms with Crippen molar-refractivity contribution in [2.75, 3.05) is 26.7 Å². The fourth-order valence-corrected chi connectivity index (χ4v) is 6.58. The number of carboxylic acids is 1. The molecule has 2 bridgehead atoms. The van der Waals surface area contributed by atoms with E-state index in [1.165, 1.54) is 12.8 Å². The number of likely N-dealkylation sites (tertiary alicyclic amines) is 1. The molecule has 2 heterocycles. The lowest BCUT2D eigenvalue weighted by molar-refractivity contribution is -0.950. The third-order valence-electron chi connectivity index (χ3n) is 7.95. The highest BCUT2D eigenvalue weighted by Crippen LogP contribution is 2.63. The summed E-state index contributed by atoms with van der Waals surface area (Å²) in [5.41, 5.74) is -0.984. The molecule has 28 heavy (non-hydrogen) atoms. The van der Waals surface area contributed by atoms with Gasteiger partial charge in [-0.2, -0.15) is 0 Å². The van der Waals surface area contributed by atoms with E-state index in [1.807, 2.05) is 6.07 Å². The summed E-state index contributed by atoms with van der Waals surface area (Å²) in [6, 6.07) is 3.18. The molecule has 1 aromatic rings. The van der Waals surface area contributed by atoms with Crippen molar-refractivity contribution in [3.63, 3.8) is 0 Å². The number of aliphatic carboxylic acids is 1. The summed E-state index contributed by atoms with van der Waals surface area (Å²) >= 11 is 0. The molecule has 1 aromatic carbocycles. The van der Waals surface area contributed by atoms with Gasteiger partial charge in [-0.25, -0.2) is 4.79 Å². The van der Waals surface area contributed by atoms with Crippen LogP contribution in [0.4, 0.5) is 0 Å². The molecule has 4 N–H and O–H groups in total. The van der Waals surface area contributed by atoms with Crippen LogP contribution >= 0.6 is 0 Å². The number of aliphatic hydroxyl groups is 2. The zero-order valence-corrected chi connectivity index (χ0v) is 16.1. The van der Waals surface area contributed by atoms with Crippen LogP contribution in [0.2, 0.25) is 0 Å². The van der Waals surface area contributed by atoms with E-state index in [1.54, 1.807) is 6.07 Å². The number of phenols is 1. The number of benzene rings is 1. The predicted octanol–water partition coefficient (Wildman–Crippen LogP) is 0.774. The fourth-order valence-electron chi connectivity index (χ4n) is 6.58. The van der Waals surface area contributed by atoms with Crippen LogP contribution in [0.5, 0.6) is 11.5 Å². The van der Waals surface area contributed by atoms with Gasteiger partial charge in [-0.1, -0.05) is 6.07 Å². The van der Waals surface area contributed by atoms with E-state index < -0.39 is 23.1 Å². The average molecular weight is 390 g/mol. The van der Waals surface area contributed by atoms with E-state index in [4.69, 9.17) is 4.74 Å². The highest BCUT2D eigenvalue weighted by atomic mass is 16.5. The third-order valence-corrected chi connectivity index (χ3v) is 7.95. The van der Waals surface area contributed by atoms with E-state index in [0.717, 1.165) is 18.7 Å². The minimum Gasteiger partial charge on any atom is -0.504 e. The second-order valence-corrected chi connectivity index (χ2v) is 9.45. The lowest BCUT2D eigenvalue weighted by Crippen LogP contribution is -2.79. The van der Waals surface area contributed by atoms with Crippen LogP contribution in [0.1, 0.15) is 36.8 Å². The molecule has 2 aliphatic carbocycles. The van der Waals surface area contributed by atoms with Crippen LogP contribution in [0.3, 0.4) is 0 Å². The van der Waals surface area contributed by atoms with Crippen LogP contribution in [0, 0.1) is 5.92 Å². The number of aliphatic hydroxyl groups excluding tert-OH is 1. The Kier molecular flexibility index (Phi) is 3.65. The number of fused-ring (bicyclic) bond motifs is 1. The lowest BCUT2D eigenvalue weighted by Gasteiger charge is -2.62. The Hall–Kier alpha value is -1.83. The number of ether oxygens (including phenoxy) is 1. The average Bonchev–Trinajstić information content (AvgIpc) is 3.35. The summed E-state index contributed by atoms with van der Waals surface area (Å²) in [5.74, 6) is -0.383. The van der Waals surface area contributed by atoms with E-state index in [2.05, 4.69) is 7.05 Å². The summed E-state index contributed by atoms with van der Waals surface area (Å²) in [4.78, 5) is 12.2. The van der Waals surface area contributed by atoms with Crippen LogP contribution < -0.4 is 4.74 Å². The molecule has 2 unspecified atom stereocenters. The molecule has 2 aliphatic heterocycles. The molecule has 1 spiro atoms. The maximum Gasteiger partial charge on any atom is 0.345 e.